The van der Waals surface area contributed by atoms with Crippen molar-refractivity contribution in [3.05, 3.63) is 65.9 Å². The molecule has 0 saturated heterocycles. The molecular formula is C31H38N6O2. The smallest absolute Gasteiger partial charge is 0.128 e. The van der Waals surface area contributed by atoms with E-state index >= 15 is 0 Å². The van der Waals surface area contributed by atoms with Crippen molar-refractivity contribution in [2.45, 2.75) is 46.4 Å². The van der Waals surface area contributed by atoms with E-state index in [9.17, 15) is 0 Å². The third-order valence-corrected chi connectivity index (χ3v) is 6.77. The van der Waals surface area contributed by atoms with E-state index in [0.717, 1.165) is 89.7 Å². The number of fused-ring (bicyclic) bond motifs is 6. The van der Waals surface area contributed by atoms with Crippen LogP contribution in [0.5, 0.6) is 5.75 Å². The first-order chi connectivity index (χ1) is 19.1. The molecule has 0 aliphatic carbocycles. The summed E-state index contributed by atoms with van der Waals surface area (Å²) in [7, 11) is 3.25. The summed E-state index contributed by atoms with van der Waals surface area (Å²) < 4.78 is 10.5. The van der Waals surface area contributed by atoms with E-state index in [2.05, 4.69) is 86.6 Å². The van der Waals surface area contributed by atoms with Gasteiger partial charge < -0.3 is 30.1 Å². The fourth-order valence-corrected chi connectivity index (χ4v) is 4.96. The van der Waals surface area contributed by atoms with Crippen LogP contribution in [-0.2, 0) is 24.4 Å². The van der Waals surface area contributed by atoms with Crippen LogP contribution in [0.4, 0.5) is 0 Å². The Hall–Kier alpha value is -3.72. The Bertz CT molecular complexity index is 1550. The number of ether oxygens (including phenoxy) is 2. The number of nitrogens with one attached hydrogen (secondary N) is 4. The maximum atomic E-state index is 6.27. The molecule has 0 amide bonds. The minimum Gasteiger partial charge on any atom is -0.488 e. The molecule has 0 atom stereocenters. The van der Waals surface area contributed by atoms with Crippen molar-refractivity contribution < 1.29 is 9.47 Å². The van der Waals surface area contributed by atoms with Crippen LogP contribution in [0.3, 0.4) is 0 Å². The number of rotatable bonds is 9. The molecule has 39 heavy (non-hydrogen) atoms. The molecule has 5 aromatic rings. The lowest BCUT2D eigenvalue weighted by atomic mass is 9.92. The van der Waals surface area contributed by atoms with E-state index in [1.165, 1.54) is 16.5 Å². The molecule has 3 heterocycles. The highest BCUT2D eigenvalue weighted by atomic mass is 16.5. The van der Waals surface area contributed by atoms with E-state index in [1.54, 1.807) is 14.2 Å². The van der Waals surface area contributed by atoms with Gasteiger partial charge >= 0.3 is 0 Å². The highest BCUT2D eigenvalue weighted by Gasteiger charge is 2.20. The maximum Gasteiger partial charge on any atom is 0.128 e. The zero-order valence-electron chi connectivity index (χ0n) is 23.3. The molecule has 3 aromatic carbocycles. The summed E-state index contributed by atoms with van der Waals surface area (Å²) in [5, 5.41) is 9.10. The van der Waals surface area contributed by atoms with Crippen LogP contribution in [0.15, 0.2) is 48.7 Å². The number of nitrogens with zero attached hydrogens (tertiary/aromatic N) is 2. The number of imidazole rings is 2. The Labute approximate surface area is 229 Å². The topological polar surface area (TPSA) is 99.9 Å². The Morgan fingerprint density at radius 3 is 2.44 bits per heavy atom. The van der Waals surface area contributed by atoms with Crippen LogP contribution in [0.2, 0.25) is 0 Å². The highest BCUT2D eigenvalue weighted by molar-refractivity contribution is 6.07. The number of aromatic nitrogens is 4. The van der Waals surface area contributed by atoms with Gasteiger partial charge in [0.1, 0.15) is 24.0 Å². The van der Waals surface area contributed by atoms with Crippen LogP contribution >= 0.6 is 0 Å². The number of hydrogen-bond acceptors (Lipinski definition) is 6. The maximum absolute atomic E-state index is 6.27. The first kappa shape index (κ1) is 26.9. The van der Waals surface area contributed by atoms with E-state index in [0.29, 0.717) is 6.61 Å². The van der Waals surface area contributed by atoms with Gasteiger partial charge in [-0.25, -0.2) is 9.97 Å². The Kier molecular flexibility index (Phi) is 8.56. The molecule has 0 fully saturated rings. The van der Waals surface area contributed by atoms with Crippen molar-refractivity contribution >= 4 is 21.8 Å². The molecule has 1 aliphatic rings. The molecule has 8 heteroatoms. The van der Waals surface area contributed by atoms with Gasteiger partial charge in [0.25, 0.3) is 0 Å². The lowest BCUT2D eigenvalue weighted by Gasteiger charge is -2.22. The molecule has 0 spiro atoms. The minimum atomic E-state index is 0.545. The summed E-state index contributed by atoms with van der Waals surface area (Å²) in [6.07, 6.45) is 4.13. The molecular weight excluding hydrogens is 488 g/mol. The Morgan fingerprint density at radius 2 is 1.67 bits per heavy atom. The van der Waals surface area contributed by atoms with Crippen LogP contribution in [0, 0.1) is 0 Å². The highest BCUT2D eigenvalue weighted by Crippen LogP contribution is 2.42. The average molecular weight is 527 g/mol. The summed E-state index contributed by atoms with van der Waals surface area (Å²) in [4.78, 5) is 16.3. The Morgan fingerprint density at radius 1 is 0.897 bits per heavy atom. The van der Waals surface area contributed by atoms with E-state index in [4.69, 9.17) is 9.72 Å². The van der Waals surface area contributed by atoms with Gasteiger partial charge in [-0.1, -0.05) is 32.0 Å². The predicted octanol–water partition coefficient (Wildman–Crippen LogP) is 5.93. The van der Waals surface area contributed by atoms with Gasteiger partial charge in [0.15, 0.2) is 0 Å². The van der Waals surface area contributed by atoms with Crippen molar-refractivity contribution in [2.75, 3.05) is 27.3 Å². The largest absolute Gasteiger partial charge is 0.488 e. The fourth-order valence-electron chi connectivity index (χ4n) is 4.96. The minimum absolute atomic E-state index is 0.545. The van der Waals surface area contributed by atoms with Crippen molar-refractivity contribution in [1.29, 1.82) is 0 Å². The standard InChI is InChI=1S/C29H32N6O.C2H6O/c1-3-9-30-15-27-32-14-25(34-27)19-5-7-21-20(11-19)17-36-26-13-22-18(12-23(21)26)6-8-24-29(22)35-28(33-24)16-31-10-4-2;1-3-2/h5-8,11-14,30-31H,3-4,9-10,15-17H2,1-2H3,(H,32,34)(H,33,35);1-2H3. The van der Waals surface area contributed by atoms with E-state index < -0.39 is 0 Å². The number of benzene rings is 3. The second-order valence-corrected chi connectivity index (χ2v) is 9.88. The molecule has 204 valence electrons. The lowest BCUT2D eigenvalue weighted by Crippen LogP contribution is -2.14. The molecule has 0 bridgehead atoms. The molecule has 2 aromatic heterocycles. The number of aromatic amines is 2. The van der Waals surface area contributed by atoms with Crippen molar-refractivity contribution in [3.8, 4) is 28.1 Å². The summed E-state index contributed by atoms with van der Waals surface area (Å²) in [5.74, 6) is 2.83. The van der Waals surface area contributed by atoms with Gasteiger partial charge in [0, 0.05) is 25.2 Å². The number of hydrogen-bond donors (Lipinski definition) is 4. The van der Waals surface area contributed by atoms with Crippen LogP contribution in [0.25, 0.3) is 44.2 Å². The number of H-pyrrole nitrogens is 2. The zero-order chi connectivity index (χ0) is 27.2. The number of methoxy groups -OCH3 is 1. The average Bonchev–Trinajstić information content (AvgIpc) is 3.60. The van der Waals surface area contributed by atoms with E-state index in [1.807, 2.05) is 6.20 Å². The molecule has 1 aliphatic heterocycles. The summed E-state index contributed by atoms with van der Waals surface area (Å²) in [6, 6.07) is 15.3. The summed E-state index contributed by atoms with van der Waals surface area (Å²) in [5.41, 5.74) is 7.74. The molecule has 6 rings (SSSR count). The zero-order valence-corrected chi connectivity index (χ0v) is 23.3. The third-order valence-electron chi connectivity index (χ3n) is 6.77. The quantitative estimate of drug-likeness (QED) is 0.178. The van der Waals surface area contributed by atoms with Gasteiger partial charge in [-0.3, -0.25) is 0 Å². The van der Waals surface area contributed by atoms with Crippen molar-refractivity contribution in [1.82, 2.24) is 30.6 Å². The van der Waals surface area contributed by atoms with E-state index in [-0.39, 0.29) is 0 Å². The third kappa shape index (κ3) is 5.83. The molecule has 0 unspecified atom stereocenters. The second-order valence-electron chi connectivity index (χ2n) is 9.88. The van der Waals surface area contributed by atoms with Crippen LogP contribution in [-0.4, -0.2) is 47.2 Å². The summed E-state index contributed by atoms with van der Waals surface area (Å²) >= 11 is 0. The van der Waals surface area contributed by atoms with Crippen LogP contribution in [0.1, 0.15) is 43.9 Å². The second kappa shape index (κ2) is 12.4. The normalized spacial score (nSPS) is 12.1. The first-order valence-electron chi connectivity index (χ1n) is 13.7. The molecule has 8 nitrogen and oxygen atoms in total. The van der Waals surface area contributed by atoms with Crippen LogP contribution < -0.4 is 15.4 Å². The fraction of sp³-hybridized carbons (Fsp3) is 0.355. The monoisotopic (exact) mass is 526 g/mol. The van der Waals surface area contributed by atoms with Crippen molar-refractivity contribution in [2.24, 2.45) is 0 Å². The first-order valence-corrected chi connectivity index (χ1v) is 13.7. The van der Waals surface area contributed by atoms with Gasteiger partial charge in [0.2, 0.25) is 0 Å². The summed E-state index contributed by atoms with van der Waals surface area (Å²) in [6.45, 7) is 8.35. The SMILES string of the molecule is CCCNCc1ncc(-c2ccc3c(c2)COc2cc4c(ccc5[nH]c(CNCCC)nc54)cc2-3)[nH]1.COC. The van der Waals surface area contributed by atoms with Gasteiger partial charge in [0.05, 0.1) is 36.0 Å². The Balaban J connectivity index is 0.000000983. The van der Waals surface area contributed by atoms with Gasteiger partial charge in [-0.15, -0.1) is 0 Å². The lowest BCUT2D eigenvalue weighted by molar-refractivity contribution is 0.277. The molecule has 0 saturated carbocycles. The van der Waals surface area contributed by atoms with Gasteiger partial charge in [-0.05, 0) is 72.3 Å². The van der Waals surface area contributed by atoms with Crippen molar-refractivity contribution in [3.63, 3.8) is 0 Å². The van der Waals surface area contributed by atoms with Gasteiger partial charge in [-0.2, -0.15) is 0 Å². The predicted molar refractivity (Wildman–Crippen MR) is 158 cm³/mol. The molecule has 0 radical (unpaired) electrons. The molecule has 4 N–H and O–H groups in total.